The lowest BCUT2D eigenvalue weighted by Crippen LogP contribution is -2.50. The van der Waals surface area contributed by atoms with Crippen molar-refractivity contribution in [2.45, 2.75) is 40.3 Å². The minimum atomic E-state index is -0.178. The van der Waals surface area contributed by atoms with Crippen molar-refractivity contribution in [1.29, 1.82) is 0 Å². The number of aryl methyl sites for hydroxylation is 1. The zero-order valence-electron chi connectivity index (χ0n) is 16.9. The zero-order chi connectivity index (χ0) is 18.9. The predicted molar refractivity (Wildman–Crippen MR) is 120 cm³/mol. The molecule has 1 atom stereocenters. The molecule has 1 heterocycles. The van der Waals surface area contributed by atoms with Crippen molar-refractivity contribution in [2.75, 3.05) is 39.3 Å². The smallest absolute Gasteiger partial charge is 0.191 e. The van der Waals surface area contributed by atoms with Crippen LogP contribution in [0.3, 0.4) is 0 Å². The summed E-state index contributed by atoms with van der Waals surface area (Å²) in [6.07, 6.45) is 0.166. The van der Waals surface area contributed by atoms with E-state index in [1.165, 1.54) is 6.07 Å². The molecular weight excluding hydrogens is 458 g/mol. The summed E-state index contributed by atoms with van der Waals surface area (Å²) >= 11 is 0. The molecule has 0 aliphatic carbocycles. The van der Waals surface area contributed by atoms with Crippen LogP contribution in [0.1, 0.15) is 31.9 Å². The number of guanidine groups is 1. The van der Waals surface area contributed by atoms with Gasteiger partial charge < -0.3 is 15.4 Å². The van der Waals surface area contributed by atoms with Crippen LogP contribution in [0.5, 0.6) is 0 Å². The van der Waals surface area contributed by atoms with Gasteiger partial charge in [-0.15, -0.1) is 24.0 Å². The fourth-order valence-corrected chi connectivity index (χ4v) is 3.11. The molecule has 1 aliphatic heterocycles. The number of nitrogens with one attached hydrogen (secondary N) is 2. The largest absolute Gasteiger partial charge is 0.374 e. The summed E-state index contributed by atoms with van der Waals surface area (Å²) < 4.78 is 19.3. The second kappa shape index (κ2) is 12.5. The van der Waals surface area contributed by atoms with E-state index < -0.39 is 0 Å². The Hall–Kier alpha value is -0.930. The molecule has 1 saturated heterocycles. The Kier molecular flexibility index (Phi) is 11.2. The fourth-order valence-electron chi connectivity index (χ4n) is 3.11. The van der Waals surface area contributed by atoms with Gasteiger partial charge in [-0.1, -0.05) is 26.0 Å². The third-order valence-electron chi connectivity index (χ3n) is 4.33. The summed E-state index contributed by atoms with van der Waals surface area (Å²) in [6.45, 7) is 14.2. The fraction of sp³-hybridized carbons (Fsp3) is 0.650. The monoisotopic (exact) mass is 492 g/mol. The van der Waals surface area contributed by atoms with Crippen molar-refractivity contribution in [3.05, 3.63) is 35.1 Å². The van der Waals surface area contributed by atoms with Crippen molar-refractivity contribution in [2.24, 2.45) is 10.9 Å². The number of halogens is 2. The number of nitrogens with zero attached hydrogens (tertiary/aromatic N) is 2. The van der Waals surface area contributed by atoms with Gasteiger partial charge in [0.1, 0.15) is 5.82 Å². The Morgan fingerprint density at radius 3 is 2.81 bits per heavy atom. The molecule has 1 aromatic rings. The first-order valence-corrected chi connectivity index (χ1v) is 9.59. The third kappa shape index (κ3) is 8.74. The van der Waals surface area contributed by atoms with Crippen LogP contribution in [-0.2, 0) is 11.3 Å². The summed E-state index contributed by atoms with van der Waals surface area (Å²) in [5, 5.41) is 6.63. The molecular formula is C20H34FIN4O. The zero-order valence-corrected chi connectivity index (χ0v) is 19.3. The highest BCUT2D eigenvalue weighted by Gasteiger charge is 2.21. The van der Waals surface area contributed by atoms with Crippen LogP contribution in [-0.4, -0.2) is 56.3 Å². The molecule has 0 aromatic heterocycles. The second-order valence-corrected chi connectivity index (χ2v) is 7.31. The van der Waals surface area contributed by atoms with Gasteiger partial charge in [-0.25, -0.2) is 9.38 Å². The Balaban J connectivity index is 0.00000364. The Morgan fingerprint density at radius 1 is 1.37 bits per heavy atom. The van der Waals surface area contributed by atoms with Crippen LogP contribution in [0.15, 0.2) is 23.2 Å². The quantitative estimate of drug-likeness (QED) is 0.349. The predicted octanol–water partition coefficient (Wildman–Crippen LogP) is 3.16. The number of hydrogen-bond acceptors (Lipinski definition) is 3. The highest BCUT2D eigenvalue weighted by Crippen LogP contribution is 2.10. The normalized spacial score (nSPS) is 18.3. The number of aliphatic imine (C=N–C) groups is 1. The SMILES string of the molecule is CCNC(=NCc1ccc(F)c(C)c1)NCC1CN(CC(C)C)CCO1.I. The van der Waals surface area contributed by atoms with E-state index in [4.69, 9.17) is 4.74 Å². The molecule has 0 radical (unpaired) electrons. The Labute approximate surface area is 180 Å². The van der Waals surface area contributed by atoms with Crippen molar-refractivity contribution in [1.82, 2.24) is 15.5 Å². The van der Waals surface area contributed by atoms with E-state index in [0.29, 0.717) is 18.0 Å². The van der Waals surface area contributed by atoms with Gasteiger partial charge >= 0.3 is 0 Å². The molecule has 2 rings (SSSR count). The molecule has 1 aromatic carbocycles. The molecule has 1 fully saturated rings. The van der Waals surface area contributed by atoms with Crippen molar-refractivity contribution in [3.63, 3.8) is 0 Å². The molecule has 0 amide bonds. The lowest BCUT2D eigenvalue weighted by molar-refractivity contribution is -0.0284. The van der Waals surface area contributed by atoms with Gasteiger partial charge in [-0.3, -0.25) is 4.90 Å². The van der Waals surface area contributed by atoms with Crippen molar-refractivity contribution in [3.8, 4) is 0 Å². The van der Waals surface area contributed by atoms with E-state index in [-0.39, 0.29) is 35.9 Å². The second-order valence-electron chi connectivity index (χ2n) is 7.31. The number of benzene rings is 1. The Bertz CT molecular complexity index is 597. The van der Waals surface area contributed by atoms with Crippen molar-refractivity contribution < 1.29 is 9.13 Å². The molecule has 0 spiro atoms. The molecule has 154 valence electrons. The third-order valence-corrected chi connectivity index (χ3v) is 4.33. The van der Waals surface area contributed by atoms with Gasteiger partial charge in [0.15, 0.2) is 5.96 Å². The molecule has 1 aliphatic rings. The van der Waals surface area contributed by atoms with E-state index in [1.807, 2.05) is 13.0 Å². The van der Waals surface area contributed by atoms with E-state index in [9.17, 15) is 4.39 Å². The summed E-state index contributed by atoms with van der Waals surface area (Å²) in [4.78, 5) is 7.07. The van der Waals surface area contributed by atoms with Crippen LogP contribution in [0.2, 0.25) is 0 Å². The van der Waals surface area contributed by atoms with Gasteiger partial charge in [0.05, 0.1) is 19.3 Å². The van der Waals surface area contributed by atoms with Crippen molar-refractivity contribution >= 4 is 29.9 Å². The van der Waals surface area contributed by atoms with E-state index >= 15 is 0 Å². The average Bonchev–Trinajstić information content (AvgIpc) is 2.60. The molecule has 2 N–H and O–H groups in total. The molecule has 5 nitrogen and oxygen atoms in total. The molecule has 0 bridgehead atoms. The number of hydrogen-bond donors (Lipinski definition) is 2. The van der Waals surface area contributed by atoms with E-state index in [2.05, 4.69) is 34.4 Å². The number of morpholine rings is 1. The molecule has 1 unspecified atom stereocenters. The van der Waals surface area contributed by atoms with Gasteiger partial charge in [0.25, 0.3) is 0 Å². The first-order chi connectivity index (χ1) is 12.5. The molecule has 27 heavy (non-hydrogen) atoms. The topological polar surface area (TPSA) is 48.9 Å². The minimum Gasteiger partial charge on any atom is -0.374 e. The van der Waals surface area contributed by atoms with Crippen LogP contribution in [0.25, 0.3) is 0 Å². The van der Waals surface area contributed by atoms with E-state index in [1.54, 1.807) is 13.0 Å². The average molecular weight is 492 g/mol. The number of rotatable bonds is 7. The minimum absolute atomic E-state index is 0. The van der Waals surface area contributed by atoms with Gasteiger partial charge in [-0.2, -0.15) is 0 Å². The maximum Gasteiger partial charge on any atom is 0.191 e. The van der Waals surface area contributed by atoms with E-state index in [0.717, 1.165) is 50.9 Å². The van der Waals surface area contributed by atoms with Gasteiger partial charge in [-0.05, 0) is 37.0 Å². The van der Waals surface area contributed by atoms with Crippen LogP contribution in [0, 0.1) is 18.7 Å². The first kappa shape index (κ1) is 24.1. The highest BCUT2D eigenvalue weighted by molar-refractivity contribution is 14.0. The maximum absolute atomic E-state index is 13.4. The van der Waals surface area contributed by atoms with Crippen LogP contribution in [0.4, 0.5) is 4.39 Å². The lowest BCUT2D eigenvalue weighted by atomic mass is 10.1. The summed E-state index contributed by atoms with van der Waals surface area (Å²) in [5.41, 5.74) is 1.65. The summed E-state index contributed by atoms with van der Waals surface area (Å²) in [6, 6.07) is 5.12. The summed E-state index contributed by atoms with van der Waals surface area (Å²) in [5.74, 6) is 1.25. The first-order valence-electron chi connectivity index (χ1n) is 9.59. The van der Waals surface area contributed by atoms with Crippen LogP contribution < -0.4 is 10.6 Å². The standard InChI is InChI=1S/C20H33FN4O.HI/c1-5-22-20(23-11-17-6-7-19(21)16(4)10-17)24-12-18-14-25(8-9-26-18)13-15(2)3;/h6-7,10,15,18H,5,8-9,11-14H2,1-4H3,(H2,22,23,24);1H. The summed E-state index contributed by atoms with van der Waals surface area (Å²) in [7, 11) is 0. The maximum atomic E-state index is 13.4. The van der Waals surface area contributed by atoms with Gasteiger partial charge in [0, 0.05) is 32.7 Å². The Morgan fingerprint density at radius 2 is 2.15 bits per heavy atom. The van der Waals surface area contributed by atoms with Gasteiger partial charge in [0.2, 0.25) is 0 Å². The van der Waals surface area contributed by atoms with Crippen LogP contribution >= 0.6 is 24.0 Å². The lowest BCUT2D eigenvalue weighted by Gasteiger charge is -2.34. The number of ether oxygens (including phenoxy) is 1. The molecule has 0 saturated carbocycles. The molecule has 7 heteroatoms. The highest BCUT2D eigenvalue weighted by atomic mass is 127.